The summed E-state index contributed by atoms with van der Waals surface area (Å²) >= 11 is 0. The number of anilines is 2. The molecule has 1 aliphatic rings. The summed E-state index contributed by atoms with van der Waals surface area (Å²) in [5, 5.41) is 8.22. The molecule has 2 aromatic rings. The van der Waals surface area contributed by atoms with E-state index in [4.69, 9.17) is 0 Å². The molecule has 7 nitrogen and oxygen atoms in total. The molecule has 2 heterocycles. The number of pyridine rings is 1. The average Bonchev–Trinajstić information content (AvgIpc) is 2.95. The fourth-order valence-electron chi connectivity index (χ4n) is 2.88. The fourth-order valence-corrected chi connectivity index (χ4v) is 2.88. The van der Waals surface area contributed by atoms with Gasteiger partial charge in [0, 0.05) is 17.1 Å². The zero-order chi connectivity index (χ0) is 18.8. The van der Waals surface area contributed by atoms with Crippen LogP contribution in [0.4, 0.5) is 11.4 Å². The van der Waals surface area contributed by atoms with Gasteiger partial charge in [-0.15, -0.1) is 0 Å². The summed E-state index contributed by atoms with van der Waals surface area (Å²) in [5.74, 6) is -0.616. The standard InChI is InChI=1S/C19H20N4O3/c1-4-16-11(2)8-15(19(26)21-16)18(25)20-13-6-5-7-14(10-13)23-17(24)9-12(3)22-23/h5-8,10H,4,9H2,1-3H3,(H,20,25)(H,21,26). The highest BCUT2D eigenvalue weighted by Crippen LogP contribution is 2.24. The van der Waals surface area contributed by atoms with Crippen LogP contribution < -0.4 is 15.9 Å². The largest absolute Gasteiger partial charge is 0.325 e. The van der Waals surface area contributed by atoms with Gasteiger partial charge in [-0.1, -0.05) is 13.0 Å². The zero-order valence-electron chi connectivity index (χ0n) is 14.9. The molecule has 134 valence electrons. The fraction of sp³-hybridized carbons (Fsp3) is 0.263. The number of nitrogens with zero attached hydrogens (tertiary/aromatic N) is 2. The van der Waals surface area contributed by atoms with Crippen LogP contribution in [0.3, 0.4) is 0 Å². The smallest absolute Gasteiger partial charge is 0.261 e. The van der Waals surface area contributed by atoms with Crippen molar-refractivity contribution in [3.63, 3.8) is 0 Å². The SMILES string of the molecule is CCc1[nH]c(=O)c(C(=O)Nc2cccc(N3N=C(C)CC3=O)c2)cc1C. The van der Waals surface area contributed by atoms with Crippen LogP contribution in [0, 0.1) is 6.92 Å². The minimum atomic E-state index is -0.499. The summed E-state index contributed by atoms with van der Waals surface area (Å²) in [6.07, 6.45) is 0.976. The van der Waals surface area contributed by atoms with E-state index >= 15 is 0 Å². The second kappa shape index (κ2) is 6.95. The van der Waals surface area contributed by atoms with Crippen LogP contribution in [0.25, 0.3) is 0 Å². The van der Waals surface area contributed by atoms with Gasteiger partial charge in [0.1, 0.15) is 5.56 Å². The molecule has 0 unspecified atom stereocenters. The van der Waals surface area contributed by atoms with E-state index in [-0.39, 0.29) is 17.9 Å². The molecule has 0 aliphatic carbocycles. The van der Waals surface area contributed by atoms with Gasteiger partial charge in [-0.3, -0.25) is 14.4 Å². The van der Waals surface area contributed by atoms with E-state index in [0.29, 0.717) is 17.8 Å². The van der Waals surface area contributed by atoms with Crippen molar-refractivity contribution in [1.82, 2.24) is 4.98 Å². The Hall–Kier alpha value is -3.22. The summed E-state index contributed by atoms with van der Waals surface area (Å²) < 4.78 is 0. The summed E-state index contributed by atoms with van der Waals surface area (Å²) in [4.78, 5) is 39.3. The molecule has 26 heavy (non-hydrogen) atoms. The zero-order valence-corrected chi connectivity index (χ0v) is 14.9. The van der Waals surface area contributed by atoms with Gasteiger partial charge >= 0.3 is 0 Å². The molecule has 1 aromatic carbocycles. The molecule has 7 heteroatoms. The Morgan fingerprint density at radius 3 is 2.69 bits per heavy atom. The van der Waals surface area contributed by atoms with Gasteiger partial charge in [0.05, 0.1) is 12.1 Å². The number of carbonyl (C=O) groups excluding carboxylic acids is 2. The second-order valence-corrected chi connectivity index (χ2v) is 6.25. The van der Waals surface area contributed by atoms with Crippen molar-refractivity contribution in [2.75, 3.05) is 10.3 Å². The summed E-state index contributed by atoms with van der Waals surface area (Å²) in [5.41, 5.74) is 3.09. The number of carbonyl (C=O) groups is 2. The first-order valence-corrected chi connectivity index (χ1v) is 8.40. The maximum atomic E-state index is 12.5. The van der Waals surface area contributed by atoms with E-state index in [1.807, 2.05) is 13.8 Å². The molecule has 0 bridgehead atoms. The number of aromatic amines is 1. The van der Waals surface area contributed by atoms with Crippen molar-refractivity contribution in [3.8, 4) is 0 Å². The highest BCUT2D eigenvalue weighted by atomic mass is 16.2. The summed E-state index contributed by atoms with van der Waals surface area (Å²) in [7, 11) is 0. The molecular formula is C19H20N4O3. The molecular weight excluding hydrogens is 332 g/mol. The molecule has 2 N–H and O–H groups in total. The minimum absolute atomic E-state index is 0.0521. The number of benzene rings is 1. The van der Waals surface area contributed by atoms with E-state index < -0.39 is 11.5 Å². The monoisotopic (exact) mass is 352 g/mol. The quantitative estimate of drug-likeness (QED) is 0.885. The average molecular weight is 352 g/mol. The number of nitrogens with one attached hydrogen (secondary N) is 2. The van der Waals surface area contributed by atoms with Crippen LogP contribution in [0.5, 0.6) is 0 Å². The van der Waals surface area contributed by atoms with Crippen molar-refractivity contribution in [3.05, 3.63) is 57.5 Å². The van der Waals surface area contributed by atoms with Crippen LogP contribution in [0.2, 0.25) is 0 Å². The number of hydrogen-bond donors (Lipinski definition) is 2. The summed E-state index contributed by atoms with van der Waals surface area (Å²) in [6.45, 7) is 5.58. The molecule has 1 aromatic heterocycles. The number of rotatable bonds is 4. The molecule has 0 spiro atoms. The van der Waals surface area contributed by atoms with E-state index in [1.54, 1.807) is 37.3 Å². The molecule has 2 amide bonds. The van der Waals surface area contributed by atoms with Crippen LogP contribution in [-0.2, 0) is 11.2 Å². The first kappa shape index (κ1) is 17.6. The maximum Gasteiger partial charge on any atom is 0.261 e. The van der Waals surface area contributed by atoms with E-state index in [2.05, 4.69) is 15.4 Å². The number of hydrogen-bond acceptors (Lipinski definition) is 4. The predicted octanol–water partition coefficient (Wildman–Crippen LogP) is 2.61. The molecule has 0 fully saturated rings. The first-order valence-electron chi connectivity index (χ1n) is 8.40. The number of amides is 2. The Morgan fingerprint density at radius 2 is 2.04 bits per heavy atom. The van der Waals surface area contributed by atoms with Crippen molar-refractivity contribution >= 4 is 28.9 Å². The lowest BCUT2D eigenvalue weighted by Gasteiger charge is -2.13. The van der Waals surface area contributed by atoms with Gasteiger partial charge in [0.25, 0.3) is 17.4 Å². The van der Waals surface area contributed by atoms with Gasteiger partial charge in [-0.2, -0.15) is 5.10 Å². The van der Waals surface area contributed by atoms with Gasteiger partial charge in [0.15, 0.2) is 0 Å². The highest BCUT2D eigenvalue weighted by molar-refractivity contribution is 6.12. The van der Waals surface area contributed by atoms with Gasteiger partial charge in [-0.05, 0) is 50.1 Å². The van der Waals surface area contributed by atoms with Crippen molar-refractivity contribution < 1.29 is 9.59 Å². The Bertz CT molecular complexity index is 975. The molecule has 1 aliphatic heterocycles. The van der Waals surface area contributed by atoms with E-state index in [9.17, 15) is 14.4 Å². The topological polar surface area (TPSA) is 94.6 Å². The molecule has 0 saturated heterocycles. The number of hydrazone groups is 1. The van der Waals surface area contributed by atoms with E-state index in [1.165, 1.54) is 5.01 Å². The number of aryl methyl sites for hydroxylation is 2. The lowest BCUT2D eigenvalue weighted by molar-refractivity contribution is -0.116. The number of H-pyrrole nitrogens is 1. The minimum Gasteiger partial charge on any atom is -0.325 e. The van der Waals surface area contributed by atoms with Crippen molar-refractivity contribution in [1.29, 1.82) is 0 Å². The third kappa shape index (κ3) is 3.42. The third-order valence-electron chi connectivity index (χ3n) is 4.21. The predicted molar refractivity (Wildman–Crippen MR) is 101 cm³/mol. The molecule has 0 saturated carbocycles. The van der Waals surface area contributed by atoms with Crippen molar-refractivity contribution in [2.24, 2.45) is 5.10 Å². The molecule has 0 radical (unpaired) electrons. The maximum absolute atomic E-state index is 12.5. The number of aromatic nitrogens is 1. The Balaban J connectivity index is 1.85. The van der Waals surface area contributed by atoms with E-state index in [0.717, 1.165) is 17.0 Å². The van der Waals surface area contributed by atoms with Crippen molar-refractivity contribution in [2.45, 2.75) is 33.6 Å². The normalized spacial score (nSPS) is 13.7. The van der Waals surface area contributed by atoms with Crippen LogP contribution >= 0.6 is 0 Å². The third-order valence-corrected chi connectivity index (χ3v) is 4.21. The summed E-state index contributed by atoms with van der Waals surface area (Å²) in [6, 6.07) is 8.40. The van der Waals surface area contributed by atoms with Gasteiger partial charge in [0.2, 0.25) is 0 Å². The van der Waals surface area contributed by atoms with Crippen LogP contribution in [-0.4, -0.2) is 22.5 Å². The lowest BCUT2D eigenvalue weighted by atomic mass is 10.1. The highest BCUT2D eigenvalue weighted by Gasteiger charge is 2.23. The van der Waals surface area contributed by atoms with Crippen LogP contribution in [0.15, 0.2) is 40.2 Å². The Labute approximate surface area is 150 Å². The Morgan fingerprint density at radius 1 is 1.27 bits per heavy atom. The molecule has 0 atom stereocenters. The first-order chi connectivity index (χ1) is 12.4. The Kier molecular flexibility index (Phi) is 4.71. The van der Waals surface area contributed by atoms with Crippen LogP contribution in [0.1, 0.15) is 41.9 Å². The van der Waals surface area contributed by atoms with Gasteiger partial charge in [-0.25, -0.2) is 5.01 Å². The second-order valence-electron chi connectivity index (χ2n) is 6.25. The lowest BCUT2D eigenvalue weighted by Crippen LogP contribution is -2.25. The van der Waals surface area contributed by atoms with Gasteiger partial charge < -0.3 is 10.3 Å². The molecule has 3 rings (SSSR count).